The molecule has 0 radical (unpaired) electrons. The number of carbonyl (C=O) groups excluding carboxylic acids is 2. The van der Waals surface area contributed by atoms with E-state index in [0.29, 0.717) is 31.3 Å². The SMILES string of the molecule is CC[C@H](Nc1ncccn1)C(=O)N1CCC[C@H]1C1=NC=C(c2ccc(-c3ccc(-c4cnc([C@@H]5CCCN5C(=O)[C@H](CC)Nc5ncccn5)[nH]4)cc3)cc2)C1. The Morgan fingerprint density at radius 3 is 1.75 bits per heavy atom. The first-order valence-electron chi connectivity index (χ1n) is 19.7. The Morgan fingerprint density at radius 2 is 1.20 bits per heavy atom. The fourth-order valence-electron chi connectivity index (χ4n) is 8.03. The number of allylic oxidation sites excluding steroid dienone is 1. The number of benzene rings is 2. The van der Waals surface area contributed by atoms with E-state index in [1.165, 1.54) is 0 Å². The molecule has 2 amide bonds. The summed E-state index contributed by atoms with van der Waals surface area (Å²) in [5.74, 6) is 1.83. The van der Waals surface area contributed by atoms with Crippen LogP contribution in [0.1, 0.15) is 76.2 Å². The van der Waals surface area contributed by atoms with E-state index in [1.807, 2.05) is 36.0 Å². The first-order valence-corrected chi connectivity index (χ1v) is 19.7. The molecule has 5 aromatic rings. The maximum atomic E-state index is 13.7. The maximum absolute atomic E-state index is 13.7. The highest BCUT2D eigenvalue weighted by atomic mass is 16.2. The molecule has 0 aliphatic carbocycles. The molecule has 0 spiro atoms. The van der Waals surface area contributed by atoms with Crippen molar-refractivity contribution in [3.8, 4) is 22.4 Å². The second-order valence-electron chi connectivity index (χ2n) is 14.5. The molecule has 6 heterocycles. The van der Waals surface area contributed by atoms with E-state index in [9.17, 15) is 9.59 Å². The molecule has 4 atom stereocenters. The maximum Gasteiger partial charge on any atom is 0.245 e. The summed E-state index contributed by atoms with van der Waals surface area (Å²) in [5, 5.41) is 6.42. The summed E-state index contributed by atoms with van der Waals surface area (Å²) in [7, 11) is 0. The Bertz CT molecular complexity index is 2190. The number of anilines is 2. The fourth-order valence-corrected chi connectivity index (χ4v) is 8.03. The van der Waals surface area contributed by atoms with Gasteiger partial charge in [0.2, 0.25) is 23.7 Å². The second-order valence-corrected chi connectivity index (χ2v) is 14.5. The van der Waals surface area contributed by atoms with Gasteiger partial charge in [0.1, 0.15) is 17.9 Å². The number of hydrogen-bond acceptors (Lipinski definition) is 10. The summed E-state index contributed by atoms with van der Waals surface area (Å²) in [6, 6.07) is 19.7. The van der Waals surface area contributed by atoms with Gasteiger partial charge in [0.25, 0.3) is 0 Å². The topological polar surface area (TPSA) is 157 Å². The van der Waals surface area contributed by atoms with Crippen molar-refractivity contribution in [2.75, 3.05) is 23.7 Å². The van der Waals surface area contributed by atoms with Crippen molar-refractivity contribution in [1.82, 2.24) is 39.7 Å². The lowest BCUT2D eigenvalue weighted by Gasteiger charge is -2.29. The zero-order chi connectivity index (χ0) is 38.4. The van der Waals surface area contributed by atoms with Crippen molar-refractivity contribution in [3.63, 3.8) is 0 Å². The van der Waals surface area contributed by atoms with Crippen LogP contribution in [0, 0.1) is 0 Å². The lowest BCUT2D eigenvalue weighted by molar-refractivity contribution is -0.133. The predicted octanol–water partition coefficient (Wildman–Crippen LogP) is 6.95. The molecular weight excluding hydrogens is 703 g/mol. The number of nitrogens with zero attached hydrogens (tertiary/aromatic N) is 8. The molecule has 3 N–H and O–H groups in total. The second kappa shape index (κ2) is 16.6. The number of carbonyl (C=O) groups is 2. The number of aromatic nitrogens is 6. The predicted molar refractivity (Wildman–Crippen MR) is 217 cm³/mol. The summed E-state index contributed by atoms with van der Waals surface area (Å²) in [5.41, 5.74) is 7.53. The molecule has 0 bridgehead atoms. The average molecular weight is 750 g/mol. The van der Waals surface area contributed by atoms with E-state index in [2.05, 4.69) is 84.1 Å². The minimum absolute atomic E-state index is 0.00157. The van der Waals surface area contributed by atoms with Crippen LogP contribution in [0.4, 0.5) is 11.9 Å². The lowest BCUT2D eigenvalue weighted by atomic mass is 9.96. The zero-order valence-electron chi connectivity index (χ0n) is 31.8. The highest BCUT2D eigenvalue weighted by molar-refractivity contribution is 6.03. The van der Waals surface area contributed by atoms with Gasteiger partial charge >= 0.3 is 0 Å². The summed E-state index contributed by atoms with van der Waals surface area (Å²) < 4.78 is 0. The number of H-pyrrole nitrogens is 1. The van der Waals surface area contributed by atoms with Gasteiger partial charge in [-0.15, -0.1) is 0 Å². The largest absolute Gasteiger partial charge is 0.342 e. The molecule has 0 saturated carbocycles. The molecule has 0 unspecified atom stereocenters. The van der Waals surface area contributed by atoms with Gasteiger partial charge < -0.3 is 25.4 Å². The summed E-state index contributed by atoms with van der Waals surface area (Å²) in [6.45, 7) is 5.41. The smallest absolute Gasteiger partial charge is 0.245 e. The van der Waals surface area contributed by atoms with Crippen molar-refractivity contribution in [2.45, 2.75) is 83.0 Å². The number of rotatable bonds is 13. The highest BCUT2D eigenvalue weighted by Gasteiger charge is 2.37. The first kappa shape index (κ1) is 36.7. The Labute approximate surface area is 326 Å². The van der Waals surface area contributed by atoms with Gasteiger partial charge in [-0.1, -0.05) is 62.4 Å². The highest BCUT2D eigenvalue weighted by Crippen LogP contribution is 2.34. The Balaban J connectivity index is 0.875. The van der Waals surface area contributed by atoms with E-state index >= 15 is 0 Å². The first-order chi connectivity index (χ1) is 27.5. The van der Waals surface area contributed by atoms with Crippen molar-refractivity contribution in [2.24, 2.45) is 4.99 Å². The van der Waals surface area contributed by atoms with Crippen LogP contribution in [0.15, 0.2) is 103 Å². The van der Waals surface area contributed by atoms with Gasteiger partial charge in [-0.25, -0.2) is 24.9 Å². The lowest BCUT2D eigenvalue weighted by Crippen LogP contribution is -2.47. The van der Waals surface area contributed by atoms with E-state index in [0.717, 1.165) is 83.7 Å². The normalized spacial score (nSPS) is 19.0. The third-order valence-electron chi connectivity index (χ3n) is 11.1. The number of likely N-dealkylation sites (tertiary alicyclic amines) is 2. The van der Waals surface area contributed by atoms with Crippen LogP contribution in [0.2, 0.25) is 0 Å². The minimum atomic E-state index is -0.409. The minimum Gasteiger partial charge on any atom is -0.342 e. The van der Waals surface area contributed by atoms with Crippen molar-refractivity contribution in [1.29, 1.82) is 0 Å². The van der Waals surface area contributed by atoms with Gasteiger partial charge in [0.05, 0.1) is 24.0 Å². The molecule has 2 aromatic carbocycles. The van der Waals surface area contributed by atoms with Gasteiger partial charge in [0, 0.05) is 56.2 Å². The average Bonchev–Trinajstić information content (AvgIpc) is 4.10. The molecule has 56 heavy (non-hydrogen) atoms. The molecule has 3 aromatic heterocycles. The Kier molecular flexibility index (Phi) is 10.9. The van der Waals surface area contributed by atoms with Crippen LogP contribution in [0.25, 0.3) is 28.0 Å². The molecule has 13 heteroatoms. The van der Waals surface area contributed by atoms with Crippen LogP contribution >= 0.6 is 0 Å². The van der Waals surface area contributed by atoms with E-state index in [4.69, 9.17) is 9.98 Å². The van der Waals surface area contributed by atoms with Crippen LogP contribution in [0.5, 0.6) is 0 Å². The van der Waals surface area contributed by atoms with Gasteiger partial charge in [-0.3, -0.25) is 14.6 Å². The molecule has 3 aliphatic rings. The fraction of sp³-hybridized carbons (Fsp3) is 0.349. The van der Waals surface area contributed by atoms with Gasteiger partial charge in [-0.2, -0.15) is 0 Å². The summed E-state index contributed by atoms with van der Waals surface area (Å²) >= 11 is 0. The number of hydrogen-bond donors (Lipinski definition) is 3. The third kappa shape index (κ3) is 7.79. The van der Waals surface area contributed by atoms with Gasteiger partial charge in [-0.05, 0) is 78.5 Å². The number of aromatic amines is 1. The summed E-state index contributed by atoms with van der Waals surface area (Å²) in [4.78, 5) is 61.3. The van der Waals surface area contributed by atoms with Crippen molar-refractivity contribution >= 4 is 35.0 Å². The quantitative estimate of drug-likeness (QED) is 0.116. The third-order valence-corrected chi connectivity index (χ3v) is 11.1. The van der Waals surface area contributed by atoms with Crippen LogP contribution in [-0.4, -0.2) is 88.4 Å². The van der Waals surface area contributed by atoms with Crippen LogP contribution < -0.4 is 10.6 Å². The molecule has 286 valence electrons. The van der Waals surface area contributed by atoms with Gasteiger partial charge in [0.15, 0.2) is 0 Å². The molecule has 13 nitrogen and oxygen atoms in total. The summed E-state index contributed by atoms with van der Waals surface area (Å²) in [6.07, 6.45) is 16.2. The number of imidazole rings is 1. The molecule has 2 fully saturated rings. The van der Waals surface area contributed by atoms with E-state index in [-0.39, 0.29) is 29.9 Å². The van der Waals surface area contributed by atoms with E-state index < -0.39 is 6.04 Å². The van der Waals surface area contributed by atoms with E-state index in [1.54, 1.807) is 36.9 Å². The number of amides is 2. The Morgan fingerprint density at radius 1 is 0.696 bits per heavy atom. The Hall–Kier alpha value is -6.24. The molecular formula is C43H47N11O2. The molecule has 3 aliphatic heterocycles. The standard InChI is InChI=1S/C43H47N11O2/c1-3-33(51-42-44-19-7-20-45-42)40(55)53-23-5-9-37(53)35-25-32(26-48-35)30-13-11-28(12-14-30)29-15-17-31(18-16-29)36-27-49-39(50-36)38-10-6-24-54(38)41(56)34(4-2)52-43-46-21-8-22-47-43/h7-8,11-22,26-27,33-34,37-38H,3-6,9-10,23-25H2,1-2H3,(H,49,50)(H,44,45,51)(H,46,47,52)/t33-,34-,37-,38-/m0/s1. The van der Waals surface area contributed by atoms with Crippen molar-refractivity contribution < 1.29 is 9.59 Å². The monoisotopic (exact) mass is 749 g/mol. The molecule has 2 saturated heterocycles. The van der Waals surface area contributed by atoms with Crippen LogP contribution in [-0.2, 0) is 9.59 Å². The number of nitrogens with one attached hydrogen (secondary N) is 3. The van der Waals surface area contributed by atoms with Crippen molar-refractivity contribution in [3.05, 3.63) is 109 Å². The number of aliphatic imine (C=N–C) groups is 1. The zero-order valence-corrected chi connectivity index (χ0v) is 31.8. The molecule has 8 rings (SSSR count). The van der Waals surface area contributed by atoms with Crippen LogP contribution in [0.3, 0.4) is 0 Å².